The molecule has 6 heteroatoms. The van der Waals surface area contributed by atoms with E-state index in [1.807, 2.05) is 31.2 Å². The number of nitrogens with one attached hydrogen (secondary N) is 2. The van der Waals surface area contributed by atoms with Gasteiger partial charge in [-0.25, -0.2) is 4.98 Å². The van der Waals surface area contributed by atoms with Crippen LogP contribution in [0.15, 0.2) is 53.3 Å². The van der Waals surface area contributed by atoms with Gasteiger partial charge in [0.25, 0.3) is 11.5 Å². The molecule has 0 bridgehead atoms. The van der Waals surface area contributed by atoms with Gasteiger partial charge in [0.2, 0.25) is 0 Å². The molecule has 1 aliphatic carbocycles. The van der Waals surface area contributed by atoms with Crippen LogP contribution in [0.2, 0.25) is 0 Å². The van der Waals surface area contributed by atoms with Crippen molar-refractivity contribution in [1.29, 1.82) is 0 Å². The number of fused-ring (bicyclic) bond motifs is 1. The molecule has 2 N–H and O–H groups in total. The monoisotopic (exact) mass is 417 g/mol. The predicted molar refractivity (Wildman–Crippen MR) is 120 cm³/mol. The average molecular weight is 418 g/mol. The number of methoxy groups -OCH3 is 1. The standard InChI is InChI=1S/C25H27N3O3/c1-16(19-10-9-18-5-3-4-6-20(18)14-19)26-25(30)22-15-24(29)28-23(27-22)13-17-7-11-21(31-2)12-8-17/h7-12,14-16H,3-6,13H2,1-2H3,(H,26,30)(H,27,28,29). The smallest absolute Gasteiger partial charge is 0.270 e. The first kappa shape index (κ1) is 20.8. The molecule has 4 rings (SSSR count). The summed E-state index contributed by atoms with van der Waals surface area (Å²) in [5, 5.41) is 2.98. The van der Waals surface area contributed by atoms with Gasteiger partial charge in [-0.15, -0.1) is 0 Å². The number of benzene rings is 2. The van der Waals surface area contributed by atoms with Crippen molar-refractivity contribution >= 4 is 5.91 Å². The van der Waals surface area contributed by atoms with Crippen LogP contribution in [-0.2, 0) is 19.3 Å². The summed E-state index contributed by atoms with van der Waals surface area (Å²) in [6.07, 6.45) is 5.09. The fourth-order valence-corrected chi connectivity index (χ4v) is 4.02. The number of rotatable bonds is 6. The molecule has 0 aliphatic heterocycles. The van der Waals surface area contributed by atoms with Crippen LogP contribution in [0.1, 0.15) is 64.4 Å². The number of carbonyl (C=O) groups is 1. The second-order valence-corrected chi connectivity index (χ2v) is 8.03. The van der Waals surface area contributed by atoms with E-state index in [2.05, 4.69) is 33.5 Å². The first-order valence-corrected chi connectivity index (χ1v) is 10.7. The van der Waals surface area contributed by atoms with Gasteiger partial charge in [-0.3, -0.25) is 9.59 Å². The molecule has 0 saturated carbocycles. The van der Waals surface area contributed by atoms with Crippen molar-refractivity contribution in [3.63, 3.8) is 0 Å². The summed E-state index contributed by atoms with van der Waals surface area (Å²) in [6, 6.07) is 15.0. The molecule has 0 saturated heterocycles. The molecule has 1 aromatic heterocycles. The number of carbonyl (C=O) groups excluding carboxylic acids is 1. The topological polar surface area (TPSA) is 84.1 Å². The number of aromatic nitrogens is 2. The molecule has 160 valence electrons. The highest BCUT2D eigenvalue weighted by atomic mass is 16.5. The lowest BCUT2D eigenvalue weighted by atomic mass is 9.89. The van der Waals surface area contributed by atoms with Gasteiger partial charge in [0, 0.05) is 12.5 Å². The van der Waals surface area contributed by atoms with Crippen LogP contribution < -0.4 is 15.6 Å². The third kappa shape index (κ3) is 5.02. The van der Waals surface area contributed by atoms with Crippen molar-refractivity contribution < 1.29 is 9.53 Å². The molecule has 6 nitrogen and oxygen atoms in total. The molecule has 31 heavy (non-hydrogen) atoms. The highest BCUT2D eigenvalue weighted by molar-refractivity contribution is 5.92. The summed E-state index contributed by atoms with van der Waals surface area (Å²) in [6.45, 7) is 1.95. The average Bonchev–Trinajstić information content (AvgIpc) is 2.78. The Morgan fingerprint density at radius 1 is 1.10 bits per heavy atom. The van der Waals surface area contributed by atoms with Crippen molar-refractivity contribution in [2.45, 2.75) is 45.1 Å². The molecule has 3 aromatic rings. The molecular weight excluding hydrogens is 390 g/mol. The van der Waals surface area contributed by atoms with Gasteiger partial charge in [-0.05, 0) is 67.0 Å². The predicted octanol–water partition coefficient (Wildman–Crippen LogP) is 3.74. The summed E-state index contributed by atoms with van der Waals surface area (Å²) in [4.78, 5) is 32.1. The first-order chi connectivity index (χ1) is 15.0. The second-order valence-electron chi connectivity index (χ2n) is 8.03. The molecule has 0 radical (unpaired) electrons. The van der Waals surface area contributed by atoms with Crippen molar-refractivity contribution in [2.75, 3.05) is 7.11 Å². The maximum atomic E-state index is 12.8. The molecule has 2 aromatic carbocycles. The number of ether oxygens (including phenoxy) is 1. The number of amides is 1. The molecule has 1 heterocycles. The van der Waals surface area contributed by atoms with E-state index < -0.39 is 0 Å². The van der Waals surface area contributed by atoms with E-state index in [0.29, 0.717) is 12.2 Å². The van der Waals surface area contributed by atoms with Crippen molar-refractivity contribution in [3.8, 4) is 5.75 Å². The van der Waals surface area contributed by atoms with Crippen molar-refractivity contribution in [3.05, 3.63) is 92.7 Å². The lowest BCUT2D eigenvalue weighted by Crippen LogP contribution is -2.29. The Morgan fingerprint density at radius 2 is 1.84 bits per heavy atom. The van der Waals surface area contributed by atoms with E-state index in [1.165, 1.54) is 30.0 Å². The fourth-order valence-electron chi connectivity index (χ4n) is 4.02. The Hall–Kier alpha value is -3.41. The van der Waals surface area contributed by atoms with E-state index >= 15 is 0 Å². The Bertz CT molecular complexity index is 1140. The SMILES string of the molecule is COc1ccc(Cc2nc(C(=O)NC(C)c3ccc4c(c3)CCCC4)cc(=O)[nH]2)cc1. The molecule has 0 spiro atoms. The lowest BCUT2D eigenvalue weighted by molar-refractivity contribution is 0.0934. The zero-order valence-corrected chi connectivity index (χ0v) is 17.9. The summed E-state index contributed by atoms with van der Waals surface area (Å²) >= 11 is 0. The zero-order valence-electron chi connectivity index (χ0n) is 17.9. The fraction of sp³-hybridized carbons (Fsp3) is 0.320. The summed E-state index contributed by atoms with van der Waals surface area (Å²) in [7, 11) is 1.61. The molecule has 1 atom stereocenters. The first-order valence-electron chi connectivity index (χ1n) is 10.7. The van der Waals surface area contributed by atoms with E-state index in [4.69, 9.17) is 4.74 Å². The summed E-state index contributed by atoms with van der Waals surface area (Å²) < 4.78 is 5.17. The Balaban J connectivity index is 1.48. The minimum absolute atomic E-state index is 0.122. The van der Waals surface area contributed by atoms with Crippen LogP contribution in [0, 0.1) is 0 Å². The highest BCUT2D eigenvalue weighted by Crippen LogP contribution is 2.25. The minimum Gasteiger partial charge on any atom is -0.497 e. The Kier molecular flexibility index (Phi) is 6.16. The number of hydrogen-bond donors (Lipinski definition) is 2. The van der Waals surface area contributed by atoms with Crippen LogP contribution >= 0.6 is 0 Å². The van der Waals surface area contributed by atoms with Crippen molar-refractivity contribution in [1.82, 2.24) is 15.3 Å². The zero-order chi connectivity index (χ0) is 21.8. The van der Waals surface area contributed by atoms with Gasteiger partial charge in [0.05, 0.1) is 13.2 Å². The maximum Gasteiger partial charge on any atom is 0.270 e. The van der Waals surface area contributed by atoms with Gasteiger partial charge in [-0.2, -0.15) is 0 Å². The van der Waals surface area contributed by atoms with Gasteiger partial charge >= 0.3 is 0 Å². The van der Waals surface area contributed by atoms with Crippen LogP contribution in [0.5, 0.6) is 5.75 Å². The minimum atomic E-state index is -0.354. The second kappa shape index (κ2) is 9.16. The number of aromatic amines is 1. The molecular formula is C25H27N3O3. The van der Waals surface area contributed by atoms with E-state index in [9.17, 15) is 9.59 Å². The van der Waals surface area contributed by atoms with E-state index in [-0.39, 0.29) is 23.2 Å². The summed E-state index contributed by atoms with van der Waals surface area (Å²) in [5.41, 5.74) is 4.59. The number of H-pyrrole nitrogens is 1. The normalized spacial score (nSPS) is 13.9. The van der Waals surface area contributed by atoms with E-state index in [0.717, 1.165) is 29.7 Å². The molecule has 1 aliphatic rings. The van der Waals surface area contributed by atoms with Crippen LogP contribution in [-0.4, -0.2) is 23.0 Å². The van der Waals surface area contributed by atoms with Gasteiger partial charge < -0.3 is 15.0 Å². The Morgan fingerprint density at radius 3 is 2.58 bits per heavy atom. The number of nitrogens with zero attached hydrogens (tertiary/aromatic N) is 1. The third-order valence-electron chi connectivity index (χ3n) is 5.77. The molecule has 0 fully saturated rings. The molecule has 1 amide bonds. The van der Waals surface area contributed by atoms with Crippen LogP contribution in [0.25, 0.3) is 0 Å². The number of aryl methyl sites for hydroxylation is 2. The molecule has 1 unspecified atom stereocenters. The maximum absolute atomic E-state index is 12.8. The van der Waals surface area contributed by atoms with Gasteiger partial charge in [0.1, 0.15) is 17.3 Å². The quantitative estimate of drug-likeness (QED) is 0.640. The highest BCUT2D eigenvalue weighted by Gasteiger charge is 2.17. The van der Waals surface area contributed by atoms with Crippen LogP contribution in [0.3, 0.4) is 0 Å². The van der Waals surface area contributed by atoms with Crippen LogP contribution in [0.4, 0.5) is 0 Å². The number of hydrogen-bond acceptors (Lipinski definition) is 4. The lowest BCUT2D eigenvalue weighted by Gasteiger charge is -2.20. The largest absolute Gasteiger partial charge is 0.497 e. The summed E-state index contributed by atoms with van der Waals surface area (Å²) in [5.74, 6) is 0.853. The van der Waals surface area contributed by atoms with Gasteiger partial charge in [-0.1, -0.05) is 30.3 Å². The van der Waals surface area contributed by atoms with Crippen molar-refractivity contribution in [2.24, 2.45) is 0 Å². The third-order valence-corrected chi connectivity index (χ3v) is 5.77. The van der Waals surface area contributed by atoms with E-state index in [1.54, 1.807) is 7.11 Å². The van der Waals surface area contributed by atoms with Gasteiger partial charge in [0.15, 0.2) is 0 Å². The Labute approximate surface area is 181 Å².